The summed E-state index contributed by atoms with van der Waals surface area (Å²) in [6, 6.07) is 13.8. The van der Waals surface area contributed by atoms with Gasteiger partial charge in [0.25, 0.3) is 0 Å². The van der Waals surface area contributed by atoms with E-state index in [1.807, 2.05) is 30.3 Å². The molecule has 126 valence electrons. The number of nitrogens with two attached hydrogens (primary N) is 1. The van der Waals surface area contributed by atoms with Crippen LogP contribution in [0.2, 0.25) is 0 Å². The number of hydrogen-bond donors (Lipinski definition) is 2. The van der Waals surface area contributed by atoms with Gasteiger partial charge < -0.3 is 10.8 Å². The molecule has 0 saturated carbocycles. The van der Waals surface area contributed by atoms with E-state index in [1.165, 1.54) is 36.2 Å². The van der Waals surface area contributed by atoms with Crippen LogP contribution in [-0.2, 0) is 15.6 Å². The third kappa shape index (κ3) is 5.39. The first-order chi connectivity index (χ1) is 11.4. The minimum absolute atomic E-state index is 0.0862. The molecule has 0 amide bonds. The highest BCUT2D eigenvalue weighted by atomic mass is 32.2. The first-order valence-electron chi connectivity index (χ1n) is 6.92. The Balaban J connectivity index is 2.05. The molecule has 0 spiro atoms. The largest absolute Gasteiger partial charge is 0.507 e. The Labute approximate surface area is 145 Å². The molecule has 0 aliphatic carbocycles. The summed E-state index contributed by atoms with van der Waals surface area (Å²) >= 11 is 1.33. The average Bonchev–Trinajstić information content (AvgIpc) is 2.54. The fourth-order valence-corrected chi connectivity index (χ4v) is 3.04. The van der Waals surface area contributed by atoms with Crippen LogP contribution in [0.5, 0.6) is 5.75 Å². The molecule has 0 aliphatic heterocycles. The molecule has 0 radical (unpaired) electrons. The molecular weight excluding hydrogens is 346 g/mol. The number of phenolic OH excluding ortho intramolecular Hbond substituents is 1. The molecule has 0 unspecified atom stereocenters. The summed E-state index contributed by atoms with van der Waals surface area (Å²) in [5.41, 5.74) is 7.13. The molecule has 0 bridgehead atoms. The van der Waals surface area contributed by atoms with Gasteiger partial charge in [0.05, 0.1) is 11.1 Å². The summed E-state index contributed by atoms with van der Waals surface area (Å²) in [6.07, 6.45) is 2.36. The van der Waals surface area contributed by atoms with Crippen molar-refractivity contribution in [3.63, 3.8) is 0 Å². The van der Waals surface area contributed by atoms with Crippen LogP contribution in [-0.4, -0.2) is 31.2 Å². The van der Waals surface area contributed by atoms with Gasteiger partial charge in [-0.1, -0.05) is 42.1 Å². The highest BCUT2D eigenvalue weighted by Gasteiger charge is 2.09. The van der Waals surface area contributed by atoms with Crippen LogP contribution in [0.3, 0.4) is 0 Å². The zero-order valence-corrected chi connectivity index (χ0v) is 14.6. The van der Waals surface area contributed by atoms with Crippen LogP contribution in [0, 0.1) is 0 Å². The molecule has 8 heteroatoms. The molecule has 2 aromatic carbocycles. The zero-order chi connectivity index (χ0) is 17.6. The van der Waals surface area contributed by atoms with Crippen molar-refractivity contribution in [1.29, 1.82) is 0 Å². The second kappa shape index (κ2) is 7.98. The molecule has 3 N–H and O–H groups in total. The number of hydrogen-bond acceptors (Lipinski definition) is 6. The highest BCUT2D eigenvalue weighted by molar-refractivity contribution is 8.13. The Morgan fingerprint density at radius 1 is 1.25 bits per heavy atom. The Morgan fingerprint density at radius 3 is 2.62 bits per heavy atom. The van der Waals surface area contributed by atoms with Gasteiger partial charge in [-0.3, -0.25) is 0 Å². The van der Waals surface area contributed by atoms with Gasteiger partial charge in [0, 0.05) is 17.6 Å². The molecule has 2 rings (SSSR count). The lowest BCUT2D eigenvalue weighted by atomic mass is 10.2. The Hall–Kier alpha value is -2.32. The lowest BCUT2D eigenvalue weighted by Gasteiger charge is -2.02. The Morgan fingerprint density at radius 2 is 1.96 bits per heavy atom. The number of aromatic hydroxyl groups is 1. The first kappa shape index (κ1) is 18.0. The van der Waals surface area contributed by atoms with Crippen LogP contribution in [0.15, 0.2) is 63.6 Å². The molecule has 0 heterocycles. The summed E-state index contributed by atoms with van der Waals surface area (Å²) in [5.74, 6) is 0.581. The number of sulfone groups is 1. The second-order valence-corrected chi connectivity index (χ2v) is 7.96. The molecule has 6 nitrogen and oxygen atoms in total. The highest BCUT2D eigenvalue weighted by Crippen LogP contribution is 2.20. The summed E-state index contributed by atoms with van der Waals surface area (Å²) in [4.78, 5) is 0.0946. The number of nitrogens with zero attached hydrogens (tertiary/aromatic N) is 2. The number of benzene rings is 2. The number of amidine groups is 1. The smallest absolute Gasteiger partial charge is 0.180 e. The van der Waals surface area contributed by atoms with Gasteiger partial charge in [-0.15, -0.1) is 5.10 Å². The normalized spacial score (nSPS) is 12.6. The molecule has 0 aliphatic rings. The minimum Gasteiger partial charge on any atom is -0.507 e. The lowest BCUT2D eigenvalue weighted by molar-refractivity contribution is 0.474. The fraction of sp³-hybridized carbons (Fsp3) is 0.125. The van der Waals surface area contributed by atoms with Crippen molar-refractivity contribution < 1.29 is 13.5 Å². The van der Waals surface area contributed by atoms with E-state index in [-0.39, 0.29) is 21.4 Å². The minimum atomic E-state index is -3.36. The first-order valence-corrected chi connectivity index (χ1v) is 9.80. The third-order valence-electron chi connectivity index (χ3n) is 3.01. The van der Waals surface area contributed by atoms with E-state index in [9.17, 15) is 13.5 Å². The van der Waals surface area contributed by atoms with Gasteiger partial charge in [0.2, 0.25) is 0 Å². The maximum Gasteiger partial charge on any atom is 0.180 e. The van der Waals surface area contributed by atoms with Crippen molar-refractivity contribution >= 4 is 33.0 Å². The van der Waals surface area contributed by atoms with E-state index < -0.39 is 9.84 Å². The van der Waals surface area contributed by atoms with Crippen LogP contribution < -0.4 is 5.73 Å². The van der Waals surface area contributed by atoms with Gasteiger partial charge in [-0.25, -0.2) is 8.42 Å². The van der Waals surface area contributed by atoms with Crippen LogP contribution >= 0.6 is 11.8 Å². The molecule has 24 heavy (non-hydrogen) atoms. The third-order valence-corrected chi connectivity index (χ3v) is 4.98. The Bertz CT molecular complexity index is 863. The van der Waals surface area contributed by atoms with Crippen molar-refractivity contribution in [2.24, 2.45) is 15.9 Å². The predicted octanol–water partition coefficient (Wildman–Crippen LogP) is 2.38. The molecule has 0 fully saturated rings. The maximum atomic E-state index is 11.5. The monoisotopic (exact) mass is 363 g/mol. The van der Waals surface area contributed by atoms with E-state index in [2.05, 4.69) is 10.2 Å². The molecule has 2 aromatic rings. The van der Waals surface area contributed by atoms with Gasteiger partial charge in [0.1, 0.15) is 5.75 Å². The average molecular weight is 363 g/mol. The molecule has 0 saturated heterocycles. The molecule has 0 atom stereocenters. The van der Waals surface area contributed by atoms with E-state index in [1.54, 1.807) is 0 Å². The summed E-state index contributed by atoms with van der Waals surface area (Å²) in [7, 11) is -3.36. The second-order valence-electron chi connectivity index (χ2n) is 4.95. The van der Waals surface area contributed by atoms with Crippen molar-refractivity contribution in [3.8, 4) is 5.75 Å². The number of phenols is 1. The number of thioether (sulfide) groups is 1. The van der Waals surface area contributed by atoms with E-state index >= 15 is 0 Å². The van der Waals surface area contributed by atoms with Crippen molar-refractivity contribution in [3.05, 3.63) is 59.7 Å². The molecule has 0 aromatic heterocycles. The quantitative estimate of drug-likeness (QED) is 0.482. The van der Waals surface area contributed by atoms with Gasteiger partial charge in [0.15, 0.2) is 15.0 Å². The van der Waals surface area contributed by atoms with E-state index in [4.69, 9.17) is 5.73 Å². The van der Waals surface area contributed by atoms with Crippen molar-refractivity contribution in [2.75, 3.05) is 6.26 Å². The van der Waals surface area contributed by atoms with Crippen LogP contribution in [0.25, 0.3) is 0 Å². The summed E-state index contributed by atoms with van der Waals surface area (Å²) < 4.78 is 23.0. The van der Waals surface area contributed by atoms with Crippen molar-refractivity contribution in [2.45, 2.75) is 10.6 Å². The molecular formula is C16H17N3O3S2. The summed E-state index contributed by atoms with van der Waals surface area (Å²) in [6.45, 7) is 0. The number of rotatable bonds is 5. The SMILES string of the molecule is CS(=O)(=O)c1ccc(O)c(C=NN=C(N)SCc2ccccc2)c1. The topological polar surface area (TPSA) is 105 Å². The Kier molecular flexibility index (Phi) is 5.99. The maximum absolute atomic E-state index is 11.5. The van der Waals surface area contributed by atoms with Crippen LogP contribution in [0.1, 0.15) is 11.1 Å². The zero-order valence-electron chi connectivity index (χ0n) is 13.0. The fourth-order valence-electron chi connectivity index (χ4n) is 1.77. The van der Waals surface area contributed by atoms with Gasteiger partial charge in [-0.2, -0.15) is 5.10 Å². The van der Waals surface area contributed by atoms with Crippen LogP contribution in [0.4, 0.5) is 0 Å². The van der Waals surface area contributed by atoms with Gasteiger partial charge >= 0.3 is 0 Å². The summed E-state index contributed by atoms with van der Waals surface area (Å²) in [5, 5.41) is 17.7. The van der Waals surface area contributed by atoms with Gasteiger partial charge in [-0.05, 0) is 23.8 Å². The predicted molar refractivity (Wildman–Crippen MR) is 98.2 cm³/mol. The van der Waals surface area contributed by atoms with E-state index in [0.29, 0.717) is 5.75 Å². The van der Waals surface area contributed by atoms with Crippen molar-refractivity contribution in [1.82, 2.24) is 0 Å². The lowest BCUT2D eigenvalue weighted by Crippen LogP contribution is -2.06. The van der Waals surface area contributed by atoms with E-state index in [0.717, 1.165) is 11.8 Å². The standard InChI is InChI=1S/C16H17N3O3S2/c1-24(21,22)14-7-8-15(20)13(9-14)10-18-19-16(17)23-11-12-5-3-2-4-6-12/h2-10,20H,11H2,1H3,(H2,17,19).